The van der Waals surface area contributed by atoms with Gasteiger partial charge in [0.1, 0.15) is 0 Å². The van der Waals surface area contributed by atoms with Gasteiger partial charge in [0.25, 0.3) is 0 Å². The lowest BCUT2D eigenvalue weighted by atomic mass is 10.2. The highest BCUT2D eigenvalue weighted by molar-refractivity contribution is 9.10. The monoisotopic (exact) mass is 304 g/mol. The minimum Gasteiger partial charge on any atom is -0.384 e. The van der Waals surface area contributed by atoms with Crippen molar-refractivity contribution in [3.63, 3.8) is 0 Å². The number of anilines is 1. The summed E-state index contributed by atoms with van der Waals surface area (Å²) in [6.45, 7) is 0.742. The average molecular weight is 306 g/mol. The lowest BCUT2D eigenvalue weighted by Gasteiger charge is -2.08. The summed E-state index contributed by atoms with van der Waals surface area (Å²) in [5.41, 5.74) is 0.949. The summed E-state index contributed by atoms with van der Waals surface area (Å²) in [5.74, 6) is 0.0620. The minimum atomic E-state index is 0.0620. The lowest BCUT2D eigenvalue weighted by Crippen LogP contribution is -2.18. The third kappa shape index (κ3) is 4.41. The Labute approximate surface area is 109 Å². The maximum Gasteiger partial charge on any atom is 0.219 e. The average Bonchev–Trinajstić information content (AvgIpc) is 2.28. The molecule has 0 fully saturated rings. The Hall–Kier alpha value is -0.740. The van der Waals surface area contributed by atoms with E-state index in [1.165, 1.54) is 0 Å². The van der Waals surface area contributed by atoms with Crippen molar-refractivity contribution in [3.05, 3.63) is 27.7 Å². The van der Waals surface area contributed by atoms with Gasteiger partial charge in [-0.25, -0.2) is 0 Å². The highest BCUT2D eigenvalue weighted by Gasteiger charge is 2.01. The number of carbonyl (C=O) groups excluding carboxylic acids is 1. The highest BCUT2D eigenvalue weighted by Crippen LogP contribution is 2.25. The van der Waals surface area contributed by atoms with E-state index in [4.69, 9.17) is 11.6 Å². The summed E-state index contributed by atoms with van der Waals surface area (Å²) in [6.07, 6.45) is 1.32. The molecule has 0 unspecified atom stereocenters. The molecule has 16 heavy (non-hydrogen) atoms. The van der Waals surface area contributed by atoms with E-state index in [1.54, 1.807) is 7.05 Å². The summed E-state index contributed by atoms with van der Waals surface area (Å²) >= 11 is 9.30. The number of nitrogens with one attached hydrogen (secondary N) is 2. The fraction of sp³-hybridized carbons (Fsp3) is 0.364. The van der Waals surface area contributed by atoms with Crippen LogP contribution in [-0.2, 0) is 4.79 Å². The Kier molecular flexibility index (Phi) is 5.63. The molecule has 1 amide bonds. The Bertz CT molecular complexity index is 371. The van der Waals surface area contributed by atoms with Crippen LogP contribution >= 0.6 is 27.5 Å². The van der Waals surface area contributed by atoms with E-state index in [9.17, 15) is 4.79 Å². The smallest absolute Gasteiger partial charge is 0.219 e. The minimum absolute atomic E-state index is 0.0620. The quantitative estimate of drug-likeness (QED) is 0.821. The Balaban J connectivity index is 2.37. The number of benzene rings is 1. The van der Waals surface area contributed by atoms with E-state index in [0.717, 1.165) is 23.1 Å². The molecule has 0 atom stereocenters. The van der Waals surface area contributed by atoms with Gasteiger partial charge in [-0.05, 0) is 40.5 Å². The van der Waals surface area contributed by atoms with Gasteiger partial charge in [-0.1, -0.05) is 11.6 Å². The van der Waals surface area contributed by atoms with Crippen LogP contribution in [0.2, 0.25) is 5.02 Å². The molecule has 0 aliphatic rings. The summed E-state index contributed by atoms with van der Waals surface area (Å²) in [4.78, 5) is 11.0. The van der Waals surface area contributed by atoms with E-state index in [0.29, 0.717) is 11.4 Å². The van der Waals surface area contributed by atoms with Gasteiger partial charge in [-0.3, -0.25) is 4.79 Å². The summed E-state index contributed by atoms with van der Waals surface area (Å²) < 4.78 is 0.969. The van der Waals surface area contributed by atoms with Crippen molar-refractivity contribution in [1.82, 2.24) is 5.32 Å². The van der Waals surface area contributed by atoms with E-state index in [1.807, 2.05) is 18.2 Å². The number of hydrogen-bond acceptors (Lipinski definition) is 2. The van der Waals surface area contributed by atoms with Crippen LogP contribution in [0.25, 0.3) is 0 Å². The largest absolute Gasteiger partial charge is 0.384 e. The first-order valence-corrected chi connectivity index (χ1v) is 6.20. The summed E-state index contributed by atoms with van der Waals surface area (Å²) in [7, 11) is 1.64. The Morgan fingerprint density at radius 2 is 2.25 bits per heavy atom. The number of carbonyl (C=O) groups is 1. The van der Waals surface area contributed by atoms with Crippen LogP contribution in [0.15, 0.2) is 22.7 Å². The standard InChI is InChI=1S/C11H14BrClN2O/c1-14-11(16)3-2-6-15-10-7-8(13)4-5-9(10)12/h4-5,7,15H,2-3,6H2,1H3,(H,14,16). The van der Waals surface area contributed by atoms with Crippen molar-refractivity contribution >= 4 is 39.1 Å². The van der Waals surface area contributed by atoms with Gasteiger partial charge in [0.05, 0.1) is 0 Å². The molecule has 3 nitrogen and oxygen atoms in total. The number of halogens is 2. The predicted octanol–water partition coefficient (Wildman–Crippen LogP) is 3.04. The van der Waals surface area contributed by atoms with Crippen molar-refractivity contribution < 1.29 is 4.79 Å². The van der Waals surface area contributed by atoms with E-state index in [2.05, 4.69) is 26.6 Å². The van der Waals surface area contributed by atoms with Gasteiger partial charge in [-0.15, -0.1) is 0 Å². The zero-order valence-corrected chi connectivity index (χ0v) is 11.4. The third-order valence-corrected chi connectivity index (χ3v) is 3.03. The van der Waals surface area contributed by atoms with E-state index < -0.39 is 0 Å². The molecule has 0 heterocycles. The molecular formula is C11H14BrClN2O. The first kappa shape index (κ1) is 13.3. The van der Waals surface area contributed by atoms with Gasteiger partial charge in [0.2, 0.25) is 5.91 Å². The fourth-order valence-electron chi connectivity index (χ4n) is 1.23. The molecule has 0 saturated carbocycles. The second-order valence-corrected chi connectivity index (χ2v) is 4.62. The molecule has 0 aromatic heterocycles. The molecule has 1 aromatic rings. The van der Waals surface area contributed by atoms with Gasteiger partial charge in [-0.2, -0.15) is 0 Å². The maximum absolute atomic E-state index is 11.0. The molecule has 1 rings (SSSR count). The van der Waals surface area contributed by atoms with Gasteiger partial charge in [0.15, 0.2) is 0 Å². The molecule has 88 valence electrons. The lowest BCUT2D eigenvalue weighted by molar-refractivity contribution is -0.120. The van der Waals surface area contributed by atoms with Crippen LogP contribution in [-0.4, -0.2) is 19.5 Å². The van der Waals surface area contributed by atoms with Crippen LogP contribution in [0.5, 0.6) is 0 Å². The number of rotatable bonds is 5. The highest BCUT2D eigenvalue weighted by atomic mass is 79.9. The molecule has 5 heteroatoms. The molecule has 0 aliphatic heterocycles. The van der Waals surface area contributed by atoms with Gasteiger partial charge in [0, 0.05) is 35.2 Å². The van der Waals surface area contributed by atoms with Crippen LogP contribution < -0.4 is 10.6 Å². The molecule has 0 spiro atoms. The zero-order chi connectivity index (χ0) is 12.0. The third-order valence-electron chi connectivity index (χ3n) is 2.10. The van der Waals surface area contributed by atoms with E-state index in [-0.39, 0.29) is 5.91 Å². The first-order valence-electron chi connectivity index (χ1n) is 5.03. The van der Waals surface area contributed by atoms with Gasteiger partial charge < -0.3 is 10.6 Å². The zero-order valence-electron chi connectivity index (χ0n) is 9.02. The predicted molar refractivity (Wildman–Crippen MR) is 70.9 cm³/mol. The molecule has 0 saturated heterocycles. The maximum atomic E-state index is 11.0. The molecule has 2 N–H and O–H groups in total. The first-order chi connectivity index (χ1) is 7.63. The molecule has 1 aromatic carbocycles. The molecular weight excluding hydrogens is 291 g/mol. The van der Waals surface area contributed by atoms with Crippen molar-refractivity contribution in [1.29, 1.82) is 0 Å². The van der Waals surface area contributed by atoms with Crippen molar-refractivity contribution in [2.45, 2.75) is 12.8 Å². The topological polar surface area (TPSA) is 41.1 Å². The summed E-state index contributed by atoms with van der Waals surface area (Å²) in [6, 6.07) is 5.57. The van der Waals surface area contributed by atoms with Crippen LogP contribution in [0, 0.1) is 0 Å². The molecule has 0 bridgehead atoms. The number of hydrogen-bond donors (Lipinski definition) is 2. The van der Waals surface area contributed by atoms with Crippen LogP contribution in [0.4, 0.5) is 5.69 Å². The second kappa shape index (κ2) is 6.76. The second-order valence-electron chi connectivity index (χ2n) is 3.33. The normalized spacial score (nSPS) is 9.94. The Morgan fingerprint density at radius 3 is 2.94 bits per heavy atom. The molecule has 0 radical (unpaired) electrons. The van der Waals surface area contributed by atoms with Gasteiger partial charge >= 0.3 is 0 Å². The van der Waals surface area contributed by atoms with Crippen molar-refractivity contribution in [2.24, 2.45) is 0 Å². The van der Waals surface area contributed by atoms with Crippen molar-refractivity contribution in [2.75, 3.05) is 18.9 Å². The van der Waals surface area contributed by atoms with Crippen LogP contribution in [0.3, 0.4) is 0 Å². The van der Waals surface area contributed by atoms with Crippen molar-refractivity contribution in [3.8, 4) is 0 Å². The molecule has 0 aliphatic carbocycles. The Morgan fingerprint density at radius 1 is 1.50 bits per heavy atom. The summed E-state index contributed by atoms with van der Waals surface area (Å²) in [5, 5.41) is 6.50. The van der Waals surface area contributed by atoms with E-state index >= 15 is 0 Å². The fourth-order valence-corrected chi connectivity index (χ4v) is 1.79. The SMILES string of the molecule is CNC(=O)CCCNc1cc(Cl)ccc1Br. The number of amides is 1. The van der Waals surface area contributed by atoms with Crippen LogP contribution in [0.1, 0.15) is 12.8 Å².